The largest absolute Gasteiger partial charge is 0.494 e. The van der Waals surface area contributed by atoms with Crippen molar-refractivity contribution < 1.29 is 9.53 Å². The Kier molecular flexibility index (Phi) is 5.78. The Bertz CT molecular complexity index is 1180. The number of amides is 1. The molecular formula is C21H22N6O4. The number of piperazine rings is 1. The second-order valence-electron chi connectivity index (χ2n) is 6.98. The molecule has 0 spiro atoms. The average Bonchev–Trinajstić information content (AvgIpc) is 2.80. The van der Waals surface area contributed by atoms with Crippen molar-refractivity contribution >= 4 is 11.7 Å². The van der Waals surface area contributed by atoms with Crippen LogP contribution in [0.2, 0.25) is 0 Å². The summed E-state index contributed by atoms with van der Waals surface area (Å²) in [5.41, 5.74) is 0.350. The molecule has 0 unspecified atom stereocenters. The Hall–Kier alpha value is -3.95. The highest BCUT2D eigenvalue weighted by Gasteiger charge is 2.25. The van der Waals surface area contributed by atoms with Gasteiger partial charge in [-0.2, -0.15) is 0 Å². The van der Waals surface area contributed by atoms with E-state index in [2.05, 4.69) is 24.8 Å². The van der Waals surface area contributed by atoms with Gasteiger partial charge < -0.3 is 19.5 Å². The maximum Gasteiger partial charge on any atom is 0.325 e. The van der Waals surface area contributed by atoms with Gasteiger partial charge in [0.1, 0.15) is 23.5 Å². The number of anilines is 1. The van der Waals surface area contributed by atoms with Crippen molar-refractivity contribution in [3.63, 3.8) is 0 Å². The molecule has 2 N–H and O–H groups in total. The zero-order valence-electron chi connectivity index (χ0n) is 17.0. The van der Waals surface area contributed by atoms with E-state index in [-0.39, 0.29) is 5.56 Å². The second-order valence-corrected chi connectivity index (χ2v) is 6.98. The molecule has 0 saturated carbocycles. The first kappa shape index (κ1) is 20.3. The molecule has 10 heteroatoms. The quantitative estimate of drug-likeness (QED) is 0.625. The van der Waals surface area contributed by atoms with E-state index in [1.54, 1.807) is 4.90 Å². The van der Waals surface area contributed by atoms with Gasteiger partial charge in [0, 0.05) is 44.0 Å². The number of ether oxygens (including phenoxy) is 1. The molecule has 3 aromatic rings. The van der Waals surface area contributed by atoms with E-state index in [9.17, 15) is 14.4 Å². The van der Waals surface area contributed by atoms with Crippen molar-refractivity contribution in [1.29, 1.82) is 0 Å². The Morgan fingerprint density at radius 3 is 2.52 bits per heavy atom. The van der Waals surface area contributed by atoms with Crippen molar-refractivity contribution in [3.8, 4) is 17.0 Å². The van der Waals surface area contributed by atoms with Crippen molar-refractivity contribution in [1.82, 2.24) is 24.8 Å². The summed E-state index contributed by atoms with van der Waals surface area (Å²) in [7, 11) is 0. The molecule has 0 bridgehead atoms. The minimum atomic E-state index is -0.688. The highest BCUT2D eigenvalue weighted by atomic mass is 16.5. The number of benzene rings is 1. The van der Waals surface area contributed by atoms with Gasteiger partial charge in [-0.25, -0.2) is 14.8 Å². The molecule has 1 aromatic carbocycles. The van der Waals surface area contributed by atoms with Crippen LogP contribution in [-0.2, 0) is 0 Å². The molecule has 1 amide bonds. The van der Waals surface area contributed by atoms with Crippen LogP contribution in [0.15, 0.2) is 52.4 Å². The van der Waals surface area contributed by atoms with Crippen molar-refractivity contribution in [2.75, 3.05) is 37.7 Å². The van der Waals surface area contributed by atoms with Crippen LogP contribution in [0.3, 0.4) is 0 Å². The summed E-state index contributed by atoms with van der Waals surface area (Å²) >= 11 is 0. The fourth-order valence-corrected chi connectivity index (χ4v) is 3.44. The summed E-state index contributed by atoms with van der Waals surface area (Å²) in [6.07, 6.45) is 2.68. The lowest BCUT2D eigenvalue weighted by molar-refractivity contribution is 0.0744. The molecule has 10 nitrogen and oxygen atoms in total. The molecule has 3 heterocycles. The van der Waals surface area contributed by atoms with Crippen LogP contribution in [0.5, 0.6) is 5.75 Å². The van der Waals surface area contributed by atoms with E-state index in [1.165, 1.54) is 6.33 Å². The number of rotatable bonds is 5. The average molecular weight is 422 g/mol. The molecule has 0 atom stereocenters. The normalized spacial score (nSPS) is 13.8. The molecule has 4 rings (SSSR count). The lowest BCUT2D eigenvalue weighted by atomic mass is 10.1. The summed E-state index contributed by atoms with van der Waals surface area (Å²) < 4.78 is 5.48. The van der Waals surface area contributed by atoms with E-state index in [4.69, 9.17) is 4.74 Å². The Balaban J connectivity index is 1.44. The zero-order chi connectivity index (χ0) is 21.8. The van der Waals surface area contributed by atoms with Gasteiger partial charge in [0.25, 0.3) is 11.5 Å². The van der Waals surface area contributed by atoms with Gasteiger partial charge in [0.2, 0.25) is 0 Å². The molecule has 31 heavy (non-hydrogen) atoms. The number of nitrogens with zero attached hydrogens (tertiary/aromatic N) is 4. The number of hydrogen-bond acceptors (Lipinski definition) is 7. The van der Waals surface area contributed by atoms with E-state index in [0.717, 1.165) is 29.0 Å². The summed E-state index contributed by atoms with van der Waals surface area (Å²) in [6.45, 7) is 4.54. The lowest BCUT2D eigenvalue weighted by Crippen LogP contribution is -2.50. The van der Waals surface area contributed by atoms with E-state index >= 15 is 0 Å². The lowest BCUT2D eigenvalue weighted by Gasteiger charge is -2.35. The summed E-state index contributed by atoms with van der Waals surface area (Å²) in [5, 5.41) is 0. The van der Waals surface area contributed by atoms with Crippen molar-refractivity contribution in [2.24, 2.45) is 0 Å². The number of carbonyl (C=O) groups excluding carboxylic acids is 1. The summed E-state index contributed by atoms with van der Waals surface area (Å²) in [4.78, 5) is 52.5. The minimum Gasteiger partial charge on any atom is -0.494 e. The third-order valence-corrected chi connectivity index (χ3v) is 5.05. The molecule has 0 radical (unpaired) electrons. The third-order valence-electron chi connectivity index (χ3n) is 5.05. The second kappa shape index (κ2) is 8.82. The SMILES string of the molecule is CCOc1ccc(-c2cc(N3CCN(C(=O)c4c[nH]c(=O)[nH]c4=O)CC3)ncn2)cc1. The van der Waals surface area contributed by atoms with Crippen LogP contribution in [0.1, 0.15) is 17.3 Å². The monoisotopic (exact) mass is 422 g/mol. The van der Waals surface area contributed by atoms with Crippen LogP contribution in [0.25, 0.3) is 11.3 Å². The van der Waals surface area contributed by atoms with E-state index in [1.807, 2.05) is 37.3 Å². The van der Waals surface area contributed by atoms with Gasteiger partial charge in [-0.1, -0.05) is 0 Å². The van der Waals surface area contributed by atoms with E-state index in [0.29, 0.717) is 32.8 Å². The number of carbonyl (C=O) groups is 1. The number of aromatic amines is 2. The highest BCUT2D eigenvalue weighted by molar-refractivity contribution is 5.93. The number of hydrogen-bond donors (Lipinski definition) is 2. The van der Waals surface area contributed by atoms with Gasteiger partial charge >= 0.3 is 5.69 Å². The van der Waals surface area contributed by atoms with Crippen molar-refractivity contribution in [2.45, 2.75) is 6.92 Å². The van der Waals surface area contributed by atoms with Crippen molar-refractivity contribution in [3.05, 3.63) is 69.3 Å². The minimum absolute atomic E-state index is 0.0760. The predicted octanol–water partition coefficient (Wildman–Crippen LogP) is 0.881. The van der Waals surface area contributed by atoms with Crippen LogP contribution < -0.4 is 20.9 Å². The first-order valence-electron chi connectivity index (χ1n) is 9.96. The van der Waals surface area contributed by atoms with Crippen LogP contribution in [0.4, 0.5) is 5.82 Å². The van der Waals surface area contributed by atoms with Crippen LogP contribution >= 0.6 is 0 Å². The fraction of sp³-hybridized carbons (Fsp3) is 0.286. The zero-order valence-corrected chi connectivity index (χ0v) is 17.0. The molecule has 1 saturated heterocycles. The summed E-state index contributed by atoms with van der Waals surface area (Å²) in [5.74, 6) is 1.17. The third kappa shape index (κ3) is 4.47. The molecule has 0 aliphatic carbocycles. The van der Waals surface area contributed by atoms with E-state index < -0.39 is 17.2 Å². The maximum absolute atomic E-state index is 12.6. The van der Waals surface area contributed by atoms with Gasteiger partial charge in [0.15, 0.2) is 0 Å². The van der Waals surface area contributed by atoms with Crippen LogP contribution in [-0.4, -0.2) is 63.5 Å². The Morgan fingerprint density at radius 2 is 1.84 bits per heavy atom. The number of H-pyrrole nitrogens is 2. The standard InChI is InChI=1S/C21H22N6O4/c1-2-31-15-5-3-14(4-6-15)17-11-18(24-13-23-17)26-7-9-27(10-8-26)20(29)16-12-22-21(30)25-19(16)28/h3-6,11-13H,2,7-10H2,1H3,(H2,22,25,28,30). The van der Waals surface area contributed by atoms with Gasteiger partial charge in [0.05, 0.1) is 12.3 Å². The molecule has 1 fully saturated rings. The van der Waals surface area contributed by atoms with Gasteiger partial charge in [-0.15, -0.1) is 0 Å². The van der Waals surface area contributed by atoms with Gasteiger partial charge in [-0.3, -0.25) is 14.6 Å². The smallest absolute Gasteiger partial charge is 0.325 e. The molecular weight excluding hydrogens is 400 g/mol. The Morgan fingerprint density at radius 1 is 1.10 bits per heavy atom. The highest BCUT2D eigenvalue weighted by Crippen LogP contribution is 2.24. The molecule has 1 aliphatic rings. The topological polar surface area (TPSA) is 124 Å². The first-order chi connectivity index (χ1) is 15.0. The van der Waals surface area contributed by atoms with Gasteiger partial charge in [-0.05, 0) is 31.2 Å². The summed E-state index contributed by atoms with van der Waals surface area (Å²) in [6, 6.07) is 9.64. The van der Waals surface area contributed by atoms with Crippen LogP contribution in [0, 0.1) is 0 Å². The number of aromatic nitrogens is 4. The molecule has 1 aliphatic heterocycles. The maximum atomic E-state index is 12.6. The first-order valence-corrected chi connectivity index (χ1v) is 9.96. The Labute approximate surface area is 177 Å². The predicted molar refractivity (Wildman–Crippen MR) is 114 cm³/mol. The number of nitrogens with one attached hydrogen (secondary N) is 2. The fourth-order valence-electron chi connectivity index (χ4n) is 3.44. The molecule has 2 aromatic heterocycles. The molecule has 160 valence electrons.